The van der Waals surface area contributed by atoms with Gasteiger partial charge in [-0.05, 0) is 48.9 Å². The van der Waals surface area contributed by atoms with Crippen molar-refractivity contribution >= 4 is 11.0 Å². The molecule has 0 spiro atoms. The number of unbranched alkanes of at least 4 members (excludes halogenated alkanes) is 1. The highest BCUT2D eigenvalue weighted by Gasteiger charge is 2.17. The number of fused-ring (bicyclic) bond motifs is 1. The van der Waals surface area contributed by atoms with Crippen LogP contribution in [0.3, 0.4) is 0 Å². The van der Waals surface area contributed by atoms with Crippen LogP contribution in [-0.4, -0.2) is 20.3 Å². The number of hydrogen-bond donors (Lipinski definition) is 0. The zero-order valence-corrected chi connectivity index (χ0v) is 19.6. The highest BCUT2D eigenvalue weighted by molar-refractivity contribution is 5.83. The summed E-state index contributed by atoms with van der Waals surface area (Å²) in [5.74, 6) is 1.49. The minimum absolute atomic E-state index is 0.0351. The lowest BCUT2D eigenvalue weighted by molar-refractivity contribution is 0.150. The predicted molar refractivity (Wildman–Crippen MR) is 132 cm³/mol. The molecule has 0 aliphatic rings. The summed E-state index contributed by atoms with van der Waals surface area (Å²) in [6, 6.07) is 13.5. The van der Waals surface area contributed by atoms with Gasteiger partial charge in [-0.15, -0.1) is 0 Å². The largest absolute Gasteiger partial charge is 0.496 e. The van der Waals surface area contributed by atoms with Gasteiger partial charge >= 0.3 is 0 Å². The molecule has 0 fully saturated rings. The topological polar surface area (TPSA) is 48.7 Å². The normalized spacial score (nSPS) is 13.1. The molecule has 0 amide bonds. The number of hydrogen-bond acceptors (Lipinski definition) is 4. The summed E-state index contributed by atoms with van der Waals surface area (Å²) >= 11 is 0. The third-order valence-electron chi connectivity index (χ3n) is 6.12. The van der Waals surface area contributed by atoms with Gasteiger partial charge in [0.15, 0.2) is 0 Å². The molecular formula is C28H34O4. The molecule has 2 aromatic carbocycles. The highest BCUT2D eigenvalue weighted by Crippen LogP contribution is 2.32. The molecule has 0 bridgehead atoms. The van der Waals surface area contributed by atoms with Crippen molar-refractivity contribution in [3.63, 3.8) is 0 Å². The maximum absolute atomic E-state index is 13.3. The van der Waals surface area contributed by atoms with Gasteiger partial charge in [-0.1, -0.05) is 63.1 Å². The monoisotopic (exact) mass is 434 g/mol. The second kappa shape index (κ2) is 11.1. The number of ether oxygens (including phenoxy) is 2. The fourth-order valence-corrected chi connectivity index (χ4v) is 3.98. The Hall–Kier alpha value is -2.85. The van der Waals surface area contributed by atoms with Crippen LogP contribution >= 0.6 is 0 Å². The van der Waals surface area contributed by atoms with E-state index in [1.54, 1.807) is 7.11 Å². The van der Waals surface area contributed by atoms with Crippen LogP contribution in [-0.2, 0) is 4.74 Å². The Morgan fingerprint density at radius 3 is 2.62 bits per heavy atom. The van der Waals surface area contributed by atoms with Crippen molar-refractivity contribution in [2.45, 2.75) is 46.0 Å². The molecule has 0 saturated carbocycles. The second-order valence-electron chi connectivity index (χ2n) is 8.71. The summed E-state index contributed by atoms with van der Waals surface area (Å²) in [6.45, 7) is 11.8. The van der Waals surface area contributed by atoms with Crippen molar-refractivity contribution in [3.8, 4) is 16.9 Å². The van der Waals surface area contributed by atoms with Gasteiger partial charge in [0.1, 0.15) is 17.6 Å². The smallest absolute Gasteiger partial charge is 0.200 e. The number of para-hydroxylation sites is 1. The van der Waals surface area contributed by atoms with E-state index in [1.807, 2.05) is 43.3 Å². The summed E-state index contributed by atoms with van der Waals surface area (Å²) in [7, 11) is 1.61. The van der Waals surface area contributed by atoms with E-state index in [0.717, 1.165) is 42.6 Å². The Kier molecular flexibility index (Phi) is 8.29. The fraction of sp³-hybridized carbons (Fsp3) is 0.393. The molecule has 1 aromatic heterocycles. The summed E-state index contributed by atoms with van der Waals surface area (Å²) in [4.78, 5) is 13.3. The van der Waals surface area contributed by atoms with Crippen molar-refractivity contribution in [1.82, 2.24) is 0 Å². The lowest BCUT2D eigenvalue weighted by Crippen LogP contribution is -2.10. The van der Waals surface area contributed by atoms with E-state index in [1.165, 1.54) is 6.26 Å². The van der Waals surface area contributed by atoms with E-state index < -0.39 is 0 Å². The average Bonchev–Trinajstić information content (AvgIpc) is 2.80. The molecule has 32 heavy (non-hydrogen) atoms. The molecule has 0 aliphatic heterocycles. The van der Waals surface area contributed by atoms with E-state index in [9.17, 15) is 4.79 Å². The maximum atomic E-state index is 13.3. The molecule has 0 aliphatic carbocycles. The van der Waals surface area contributed by atoms with Crippen LogP contribution < -0.4 is 10.2 Å². The van der Waals surface area contributed by atoms with Gasteiger partial charge in [-0.3, -0.25) is 4.79 Å². The maximum Gasteiger partial charge on any atom is 0.200 e. The van der Waals surface area contributed by atoms with Crippen LogP contribution in [0.4, 0.5) is 0 Å². The van der Waals surface area contributed by atoms with Crippen molar-refractivity contribution in [2.75, 3.05) is 20.3 Å². The minimum atomic E-state index is -0.0351. The Morgan fingerprint density at radius 1 is 1.09 bits per heavy atom. The molecule has 170 valence electrons. The first kappa shape index (κ1) is 23.8. The summed E-state index contributed by atoms with van der Waals surface area (Å²) in [6.07, 6.45) is 4.82. The Morgan fingerprint density at radius 2 is 1.88 bits per heavy atom. The van der Waals surface area contributed by atoms with Crippen LogP contribution in [0.1, 0.15) is 51.5 Å². The molecule has 4 heteroatoms. The minimum Gasteiger partial charge on any atom is -0.496 e. The van der Waals surface area contributed by atoms with Crippen LogP contribution in [0.2, 0.25) is 0 Å². The Balaban J connectivity index is 1.76. The van der Waals surface area contributed by atoms with E-state index in [0.29, 0.717) is 40.7 Å². The van der Waals surface area contributed by atoms with Gasteiger partial charge < -0.3 is 13.9 Å². The first-order valence-electron chi connectivity index (χ1n) is 11.3. The van der Waals surface area contributed by atoms with E-state index in [2.05, 4.69) is 26.5 Å². The molecule has 4 nitrogen and oxygen atoms in total. The Bertz CT molecular complexity index is 1110. The number of rotatable bonds is 11. The zero-order chi connectivity index (χ0) is 23.1. The highest BCUT2D eigenvalue weighted by atomic mass is 16.5. The first-order chi connectivity index (χ1) is 15.4. The molecule has 1 heterocycles. The second-order valence-corrected chi connectivity index (χ2v) is 8.71. The summed E-state index contributed by atoms with van der Waals surface area (Å²) in [5.41, 5.74) is 4.04. The van der Waals surface area contributed by atoms with Gasteiger partial charge in [0.05, 0.1) is 24.7 Å². The molecule has 0 saturated heterocycles. The summed E-state index contributed by atoms with van der Waals surface area (Å²) < 4.78 is 16.9. The molecule has 2 unspecified atom stereocenters. The molecule has 0 N–H and O–H groups in total. The van der Waals surface area contributed by atoms with Crippen molar-refractivity contribution < 1.29 is 13.9 Å². The quantitative estimate of drug-likeness (QED) is 0.241. The third-order valence-corrected chi connectivity index (χ3v) is 6.12. The SMILES string of the molecule is C=C(C)COCCCCC(C)C(C)c1ccc2occ(-c3ccccc3OC)c(=O)c2c1. The third kappa shape index (κ3) is 5.68. The van der Waals surface area contributed by atoms with Crippen molar-refractivity contribution in [3.05, 3.63) is 76.7 Å². The zero-order valence-electron chi connectivity index (χ0n) is 19.6. The van der Waals surface area contributed by atoms with Crippen LogP contribution in [0.15, 0.2) is 70.1 Å². The lowest BCUT2D eigenvalue weighted by Gasteiger charge is -2.20. The van der Waals surface area contributed by atoms with Gasteiger partial charge in [0, 0.05) is 12.2 Å². The molecule has 3 aromatic rings. The van der Waals surface area contributed by atoms with Crippen molar-refractivity contribution in [2.24, 2.45) is 5.92 Å². The molecule has 3 rings (SSSR count). The predicted octanol–water partition coefficient (Wildman–Crippen LogP) is 6.97. The van der Waals surface area contributed by atoms with E-state index >= 15 is 0 Å². The van der Waals surface area contributed by atoms with Gasteiger partial charge in [0.2, 0.25) is 5.43 Å². The number of benzene rings is 2. The van der Waals surface area contributed by atoms with Crippen LogP contribution in [0.25, 0.3) is 22.1 Å². The van der Waals surface area contributed by atoms with E-state index in [-0.39, 0.29) is 5.43 Å². The molecular weight excluding hydrogens is 400 g/mol. The van der Waals surface area contributed by atoms with Crippen molar-refractivity contribution in [1.29, 1.82) is 0 Å². The fourth-order valence-electron chi connectivity index (χ4n) is 3.98. The molecule has 2 atom stereocenters. The van der Waals surface area contributed by atoms with Gasteiger partial charge in [0.25, 0.3) is 0 Å². The van der Waals surface area contributed by atoms with Crippen LogP contribution in [0, 0.1) is 5.92 Å². The first-order valence-corrected chi connectivity index (χ1v) is 11.3. The lowest BCUT2D eigenvalue weighted by atomic mass is 9.85. The summed E-state index contributed by atoms with van der Waals surface area (Å²) in [5, 5.41) is 0.609. The average molecular weight is 435 g/mol. The molecule has 0 radical (unpaired) electrons. The van der Waals surface area contributed by atoms with Gasteiger partial charge in [-0.2, -0.15) is 0 Å². The van der Waals surface area contributed by atoms with E-state index in [4.69, 9.17) is 13.9 Å². The van der Waals surface area contributed by atoms with Crippen LogP contribution in [0.5, 0.6) is 5.75 Å². The standard InChI is InChI=1S/C28H34O4/c1-19(2)17-31-15-9-8-10-20(3)21(4)22-13-14-27-24(16-22)28(29)25(18-32-27)23-11-6-7-12-26(23)30-5/h6-7,11-14,16,18,20-21H,1,8-10,15,17H2,2-5H3. The Labute approximate surface area is 190 Å². The van der Waals surface area contributed by atoms with Gasteiger partial charge in [-0.25, -0.2) is 0 Å². The number of methoxy groups -OCH3 is 1.